The minimum absolute atomic E-state index is 0.134. The van der Waals surface area contributed by atoms with Gasteiger partial charge in [0.05, 0.1) is 6.61 Å². The van der Waals surface area contributed by atoms with Gasteiger partial charge in [-0.2, -0.15) is 0 Å². The predicted molar refractivity (Wildman–Crippen MR) is 108 cm³/mol. The zero-order valence-electron chi connectivity index (χ0n) is 15.4. The first kappa shape index (κ1) is 19.0. The molecule has 0 radical (unpaired) electrons. The van der Waals surface area contributed by atoms with Gasteiger partial charge in [0.15, 0.2) is 11.5 Å². The first-order valence-electron chi connectivity index (χ1n) is 8.50. The maximum atomic E-state index is 12.3. The summed E-state index contributed by atoms with van der Waals surface area (Å²) in [6, 6.07) is 14.1. The second-order valence-electron chi connectivity index (χ2n) is 7.14. The lowest BCUT2D eigenvalue weighted by molar-refractivity contribution is 0.185. The van der Waals surface area contributed by atoms with Gasteiger partial charge in [-0.1, -0.05) is 45.0 Å². The molecule has 0 spiro atoms. The van der Waals surface area contributed by atoms with Gasteiger partial charge >= 0.3 is 6.09 Å². The molecule has 0 bridgehead atoms. The van der Waals surface area contributed by atoms with Crippen LogP contribution in [0.1, 0.15) is 31.9 Å². The summed E-state index contributed by atoms with van der Waals surface area (Å²) >= 11 is 0. The number of hydrogen-bond acceptors (Lipinski definition) is 5. The third-order valence-electron chi connectivity index (χ3n) is 4.10. The van der Waals surface area contributed by atoms with E-state index >= 15 is 0 Å². The summed E-state index contributed by atoms with van der Waals surface area (Å²) in [5.74, 6) is 1.17. The normalized spacial score (nSPS) is 13.1. The molecule has 4 nitrogen and oxygen atoms in total. The maximum absolute atomic E-state index is 12.3. The molecule has 1 aliphatic rings. The lowest BCUT2D eigenvalue weighted by atomic mass is 9.87. The summed E-state index contributed by atoms with van der Waals surface area (Å²) in [6.07, 6.45) is 0.434. The molecule has 2 aromatic rings. The quantitative estimate of drug-likeness (QED) is 0.495. The third kappa shape index (κ3) is 4.48. The van der Waals surface area contributed by atoms with Gasteiger partial charge in [-0.15, -0.1) is 0 Å². The average molecular weight is 390 g/mol. The molecule has 0 saturated heterocycles. The number of fused-ring (bicyclic) bond motifs is 1. The second-order valence-corrected chi connectivity index (χ2v) is 9.42. The molecule has 1 amide bonds. The molecule has 0 fully saturated rings. The summed E-state index contributed by atoms with van der Waals surface area (Å²) in [5.41, 5.74) is 2.51. The first-order chi connectivity index (χ1) is 12.3. The van der Waals surface area contributed by atoms with Crippen LogP contribution in [-0.4, -0.2) is 24.1 Å². The first-order valence-corrected chi connectivity index (χ1v) is 10.6. The maximum Gasteiger partial charge on any atom is 0.425 e. The fraction of sp³-hybridized carbons (Fsp3) is 0.350. The number of ether oxygens (including phenoxy) is 2. The molecule has 0 unspecified atom stereocenters. The average Bonchev–Trinajstić information content (AvgIpc) is 3.09. The van der Waals surface area contributed by atoms with Gasteiger partial charge in [-0.3, -0.25) is 0 Å². The van der Waals surface area contributed by atoms with Crippen LogP contribution in [0, 0.1) is 0 Å². The number of rotatable bonds is 4. The molecule has 6 heteroatoms. The molecule has 1 aliphatic heterocycles. The van der Waals surface area contributed by atoms with E-state index in [1.807, 2.05) is 12.1 Å². The van der Waals surface area contributed by atoms with Crippen LogP contribution in [0.5, 0.6) is 11.5 Å². The lowest BCUT2D eigenvalue weighted by Gasteiger charge is -2.19. The number of nitrogens with zero attached hydrogens (tertiary/aromatic N) is 1. The van der Waals surface area contributed by atoms with Crippen molar-refractivity contribution >= 4 is 27.9 Å². The van der Waals surface area contributed by atoms with Crippen molar-refractivity contribution in [2.24, 2.45) is 0 Å². The summed E-state index contributed by atoms with van der Waals surface area (Å²) in [4.78, 5) is 13.4. The minimum atomic E-state index is -0.419. The summed E-state index contributed by atoms with van der Waals surface area (Å²) in [7, 11) is 4.56. The highest BCUT2D eigenvalue weighted by atomic mass is 33.1. The van der Waals surface area contributed by atoms with E-state index < -0.39 is 6.09 Å². The number of amides is 1. The van der Waals surface area contributed by atoms with Gasteiger partial charge in [-0.25, -0.2) is 9.10 Å². The van der Waals surface area contributed by atoms with Gasteiger partial charge in [-0.05, 0) is 40.0 Å². The van der Waals surface area contributed by atoms with Crippen LogP contribution in [0.3, 0.4) is 0 Å². The summed E-state index contributed by atoms with van der Waals surface area (Å²) in [5, 5.41) is 0. The fourth-order valence-corrected chi connectivity index (χ4v) is 4.22. The van der Waals surface area contributed by atoms with E-state index in [4.69, 9.17) is 9.47 Å². The number of para-hydroxylation sites is 1. The molecule has 0 aliphatic carbocycles. The zero-order valence-corrected chi connectivity index (χ0v) is 17.1. The van der Waals surface area contributed by atoms with Crippen molar-refractivity contribution in [1.29, 1.82) is 0 Å². The molecule has 138 valence electrons. The number of carbonyl (C=O) groups is 1. The predicted octanol–water partition coefficient (Wildman–Crippen LogP) is 5.71. The highest BCUT2D eigenvalue weighted by Gasteiger charge is 2.21. The van der Waals surface area contributed by atoms with Crippen LogP contribution in [-0.2, 0) is 11.8 Å². The van der Waals surface area contributed by atoms with Crippen molar-refractivity contribution in [2.75, 3.05) is 13.7 Å². The van der Waals surface area contributed by atoms with E-state index in [-0.39, 0.29) is 5.41 Å². The van der Waals surface area contributed by atoms with Gasteiger partial charge in [0.2, 0.25) is 0 Å². The minimum Gasteiger partial charge on any atom is -0.489 e. The van der Waals surface area contributed by atoms with Crippen molar-refractivity contribution < 1.29 is 14.3 Å². The Morgan fingerprint density at radius 2 is 1.88 bits per heavy atom. The van der Waals surface area contributed by atoms with E-state index in [0.29, 0.717) is 18.1 Å². The largest absolute Gasteiger partial charge is 0.489 e. The second kappa shape index (κ2) is 7.84. The Morgan fingerprint density at radius 3 is 2.58 bits per heavy atom. The Kier molecular flexibility index (Phi) is 5.73. The highest BCUT2D eigenvalue weighted by Crippen LogP contribution is 2.38. The van der Waals surface area contributed by atoms with E-state index in [0.717, 1.165) is 16.9 Å². The Morgan fingerprint density at radius 1 is 1.15 bits per heavy atom. The van der Waals surface area contributed by atoms with E-state index in [2.05, 4.69) is 45.0 Å². The molecule has 1 heterocycles. The third-order valence-corrected chi connectivity index (χ3v) is 6.48. The van der Waals surface area contributed by atoms with Crippen LogP contribution in [0.15, 0.2) is 47.4 Å². The molecule has 0 N–H and O–H groups in total. The smallest absolute Gasteiger partial charge is 0.425 e. The molecular formula is C20H23NO3S2. The molecule has 0 atom stereocenters. The molecule has 2 aromatic carbocycles. The SMILES string of the molecule is CN(SSc1ccc(C(C)(C)C)cc1)C(=O)Oc1cccc2c1OCC2. The number of benzene rings is 2. The topological polar surface area (TPSA) is 38.8 Å². The van der Waals surface area contributed by atoms with Crippen molar-refractivity contribution in [3.8, 4) is 11.5 Å². The van der Waals surface area contributed by atoms with Gasteiger partial charge in [0.25, 0.3) is 0 Å². The van der Waals surface area contributed by atoms with Crippen LogP contribution >= 0.6 is 21.8 Å². The molecule has 0 saturated carbocycles. The fourth-order valence-electron chi connectivity index (χ4n) is 2.56. The Bertz CT molecular complexity index is 785. The summed E-state index contributed by atoms with van der Waals surface area (Å²) in [6.45, 7) is 7.21. The van der Waals surface area contributed by atoms with E-state index in [1.165, 1.54) is 31.6 Å². The Hall–Kier alpha value is -1.79. The van der Waals surface area contributed by atoms with Crippen LogP contribution in [0.2, 0.25) is 0 Å². The van der Waals surface area contributed by atoms with E-state index in [1.54, 1.807) is 13.1 Å². The van der Waals surface area contributed by atoms with Gasteiger partial charge < -0.3 is 9.47 Å². The highest BCUT2D eigenvalue weighted by molar-refractivity contribution is 8.75. The van der Waals surface area contributed by atoms with Crippen molar-refractivity contribution in [2.45, 2.75) is 37.5 Å². The number of hydrogen-bond donors (Lipinski definition) is 0. The van der Waals surface area contributed by atoms with Crippen LogP contribution < -0.4 is 9.47 Å². The van der Waals surface area contributed by atoms with Crippen molar-refractivity contribution in [3.63, 3.8) is 0 Å². The molecule has 3 rings (SSSR count). The van der Waals surface area contributed by atoms with Crippen molar-refractivity contribution in [1.82, 2.24) is 4.31 Å². The lowest BCUT2D eigenvalue weighted by Crippen LogP contribution is -2.22. The molecular weight excluding hydrogens is 366 g/mol. The monoisotopic (exact) mass is 389 g/mol. The van der Waals surface area contributed by atoms with Gasteiger partial charge in [0.1, 0.15) is 0 Å². The molecule has 0 aromatic heterocycles. The molecule has 26 heavy (non-hydrogen) atoms. The van der Waals surface area contributed by atoms with E-state index in [9.17, 15) is 4.79 Å². The number of carbonyl (C=O) groups excluding carboxylic acids is 1. The van der Waals surface area contributed by atoms with Crippen LogP contribution in [0.4, 0.5) is 4.79 Å². The summed E-state index contributed by atoms with van der Waals surface area (Å²) < 4.78 is 12.6. The standard InChI is InChI=1S/C20H23NO3S2/c1-20(2,3)15-8-10-16(11-9-15)25-26-21(4)19(22)24-17-7-5-6-14-12-13-23-18(14)17/h5-11H,12-13H2,1-4H3. The zero-order chi connectivity index (χ0) is 18.7. The van der Waals surface area contributed by atoms with Crippen LogP contribution in [0.25, 0.3) is 0 Å². The van der Waals surface area contributed by atoms with Crippen molar-refractivity contribution in [3.05, 3.63) is 53.6 Å². The Labute approximate surface area is 162 Å². The van der Waals surface area contributed by atoms with Gasteiger partial charge in [0, 0.05) is 34.9 Å². The Balaban J connectivity index is 1.56.